The summed E-state index contributed by atoms with van der Waals surface area (Å²) in [5, 5.41) is 0.545. The third kappa shape index (κ3) is 2.54. The number of benzene rings is 2. The van der Waals surface area contributed by atoms with Gasteiger partial charge in [0.05, 0.1) is 16.6 Å². The Bertz CT molecular complexity index is 1290. The molecule has 0 amide bonds. The van der Waals surface area contributed by atoms with Crippen LogP contribution in [0.4, 0.5) is 0 Å². The van der Waals surface area contributed by atoms with Gasteiger partial charge in [0, 0.05) is 26.0 Å². The van der Waals surface area contributed by atoms with Gasteiger partial charge < -0.3 is 4.57 Å². The Kier molecular flexibility index (Phi) is 3.88. The van der Waals surface area contributed by atoms with E-state index in [1.807, 2.05) is 47.2 Å². The first-order valence-corrected chi connectivity index (χ1v) is 8.84. The highest BCUT2D eigenvalue weighted by atomic mass is 16.2. The molecule has 0 atom stereocenters. The van der Waals surface area contributed by atoms with Crippen LogP contribution in [-0.2, 0) is 14.1 Å². The molecule has 2 aromatic heterocycles. The fourth-order valence-electron chi connectivity index (χ4n) is 3.50. The molecule has 0 N–H and O–H groups in total. The van der Waals surface area contributed by atoms with Crippen molar-refractivity contribution in [3.8, 4) is 16.9 Å². The van der Waals surface area contributed by atoms with E-state index in [1.54, 1.807) is 7.05 Å². The quantitative estimate of drug-likeness (QED) is 0.551. The molecule has 5 nitrogen and oxygen atoms in total. The van der Waals surface area contributed by atoms with Gasteiger partial charge in [0.15, 0.2) is 0 Å². The van der Waals surface area contributed by atoms with E-state index in [9.17, 15) is 9.59 Å². The van der Waals surface area contributed by atoms with Crippen molar-refractivity contribution in [3.63, 3.8) is 0 Å². The maximum atomic E-state index is 13.0. The lowest BCUT2D eigenvalue weighted by Crippen LogP contribution is -2.36. The lowest BCUT2D eigenvalue weighted by atomic mass is 10.1. The fraction of sp³-hybridized carbons (Fsp3) is 0.182. The van der Waals surface area contributed by atoms with Gasteiger partial charge >= 0.3 is 5.69 Å². The molecule has 0 saturated heterocycles. The molecule has 0 unspecified atom stereocenters. The van der Waals surface area contributed by atoms with Gasteiger partial charge in [0.1, 0.15) is 0 Å². The first kappa shape index (κ1) is 17.1. The van der Waals surface area contributed by atoms with Crippen molar-refractivity contribution in [2.75, 3.05) is 0 Å². The molecule has 0 aliphatic rings. The van der Waals surface area contributed by atoms with Crippen LogP contribution < -0.4 is 11.2 Å². The lowest BCUT2D eigenvalue weighted by Gasteiger charge is -2.12. The molecule has 0 radical (unpaired) electrons. The summed E-state index contributed by atoms with van der Waals surface area (Å²) in [6.45, 7) is 4.14. The highest BCUT2D eigenvalue weighted by Gasteiger charge is 2.20. The van der Waals surface area contributed by atoms with Gasteiger partial charge in [0.25, 0.3) is 5.56 Å². The van der Waals surface area contributed by atoms with Gasteiger partial charge in [-0.2, -0.15) is 0 Å². The van der Waals surface area contributed by atoms with Gasteiger partial charge in [-0.05, 0) is 42.7 Å². The second-order valence-electron chi connectivity index (χ2n) is 6.95. The summed E-state index contributed by atoms with van der Waals surface area (Å²) in [7, 11) is 3.22. The van der Waals surface area contributed by atoms with E-state index in [-0.39, 0.29) is 11.2 Å². The highest BCUT2D eigenvalue weighted by molar-refractivity contribution is 5.94. The molecule has 4 aromatic rings. The summed E-state index contributed by atoms with van der Waals surface area (Å²) >= 11 is 0. The first-order valence-electron chi connectivity index (χ1n) is 8.84. The zero-order chi connectivity index (χ0) is 19.3. The first-order chi connectivity index (χ1) is 12.9. The molecule has 136 valence electrons. The van der Waals surface area contributed by atoms with Crippen LogP contribution in [0.1, 0.15) is 11.1 Å². The fourth-order valence-corrected chi connectivity index (χ4v) is 3.50. The van der Waals surface area contributed by atoms with E-state index < -0.39 is 0 Å². The summed E-state index contributed by atoms with van der Waals surface area (Å²) in [6.07, 6.45) is 1.88. The van der Waals surface area contributed by atoms with Gasteiger partial charge in [-0.1, -0.05) is 36.4 Å². The Hall–Kier alpha value is -3.34. The summed E-state index contributed by atoms with van der Waals surface area (Å²) in [5.74, 6) is 0. The minimum absolute atomic E-state index is 0.283. The van der Waals surface area contributed by atoms with Crippen molar-refractivity contribution in [3.05, 3.63) is 86.7 Å². The molecule has 2 aromatic carbocycles. The van der Waals surface area contributed by atoms with E-state index >= 15 is 0 Å². The zero-order valence-electron chi connectivity index (χ0n) is 15.9. The van der Waals surface area contributed by atoms with Crippen molar-refractivity contribution in [1.29, 1.82) is 0 Å². The summed E-state index contributed by atoms with van der Waals surface area (Å²) < 4.78 is 4.70. The molecular weight excluding hydrogens is 338 g/mol. The Labute approximate surface area is 156 Å². The smallest absolute Gasteiger partial charge is 0.314 e. The largest absolute Gasteiger partial charge is 0.330 e. The average Bonchev–Trinajstić information content (AvgIpc) is 3.08. The number of fused-ring (bicyclic) bond motifs is 1. The maximum Gasteiger partial charge on any atom is 0.330 e. The highest BCUT2D eigenvalue weighted by Crippen LogP contribution is 2.31. The second-order valence-corrected chi connectivity index (χ2v) is 6.95. The topological polar surface area (TPSA) is 48.9 Å². The second kappa shape index (κ2) is 6.13. The third-order valence-electron chi connectivity index (χ3n) is 5.25. The number of hydrogen-bond acceptors (Lipinski definition) is 2. The van der Waals surface area contributed by atoms with E-state index in [0.29, 0.717) is 10.9 Å². The van der Waals surface area contributed by atoms with Gasteiger partial charge in [-0.25, -0.2) is 4.79 Å². The molecular formula is C22H21N3O2. The van der Waals surface area contributed by atoms with Crippen LogP contribution in [0.3, 0.4) is 0 Å². The molecule has 4 rings (SSSR count). The summed E-state index contributed by atoms with van der Waals surface area (Å²) in [6, 6.07) is 16.0. The minimum Gasteiger partial charge on any atom is -0.314 e. The Morgan fingerprint density at radius 2 is 1.52 bits per heavy atom. The van der Waals surface area contributed by atoms with Crippen LogP contribution in [0, 0.1) is 13.8 Å². The Morgan fingerprint density at radius 1 is 0.815 bits per heavy atom. The van der Waals surface area contributed by atoms with E-state index in [0.717, 1.165) is 16.9 Å². The van der Waals surface area contributed by atoms with Crippen molar-refractivity contribution in [2.24, 2.45) is 14.1 Å². The SMILES string of the molecule is Cc1ccc(-n2cc3c(c2-c2ccccc2)c(=O)n(C)c(=O)n3C)cc1C. The summed E-state index contributed by atoms with van der Waals surface area (Å²) in [4.78, 5) is 25.4. The molecule has 0 fully saturated rings. The number of aromatic nitrogens is 3. The zero-order valence-corrected chi connectivity index (χ0v) is 15.9. The number of rotatable bonds is 2. The standard InChI is InChI=1S/C22H21N3O2/c1-14-10-11-17(12-15(14)2)25-13-18-19(20(25)16-8-6-5-7-9-16)21(26)24(4)22(27)23(18)3/h5-13H,1-4H3. The van der Waals surface area contributed by atoms with Crippen LogP contribution >= 0.6 is 0 Å². The predicted molar refractivity (Wildman–Crippen MR) is 109 cm³/mol. The van der Waals surface area contributed by atoms with Crippen molar-refractivity contribution >= 4 is 10.9 Å². The Balaban J connectivity index is 2.21. The molecule has 5 heteroatoms. The van der Waals surface area contributed by atoms with Crippen LogP contribution in [0.15, 0.2) is 64.3 Å². The van der Waals surface area contributed by atoms with E-state index in [1.165, 1.54) is 27.3 Å². The van der Waals surface area contributed by atoms with Gasteiger partial charge in [-0.3, -0.25) is 13.9 Å². The van der Waals surface area contributed by atoms with Crippen molar-refractivity contribution < 1.29 is 0 Å². The maximum absolute atomic E-state index is 13.0. The van der Waals surface area contributed by atoms with E-state index in [2.05, 4.69) is 26.0 Å². The molecule has 0 aliphatic heterocycles. The molecule has 27 heavy (non-hydrogen) atoms. The molecule has 0 spiro atoms. The number of aryl methyl sites for hydroxylation is 3. The molecule has 0 bridgehead atoms. The van der Waals surface area contributed by atoms with Crippen LogP contribution in [0.2, 0.25) is 0 Å². The predicted octanol–water partition coefficient (Wildman–Crippen LogP) is 3.31. The normalized spacial score (nSPS) is 11.3. The van der Waals surface area contributed by atoms with Gasteiger partial charge in [0.2, 0.25) is 0 Å². The number of nitrogens with zero attached hydrogens (tertiary/aromatic N) is 3. The number of hydrogen-bond donors (Lipinski definition) is 0. The summed E-state index contributed by atoms with van der Waals surface area (Å²) in [5.41, 5.74) is 5.08. The molecule has 2 heterocycles. The molecule has 0 saturated carbocycles. The van der Waals surface area contributed by atoms with Gasteiger partial charge in [-0.15, -0.1) is 0 Å². The van der Waals surface area contributed by atoms with Crippen LogP contribution in [0.25, 0.3) is 27.8 Å². The lowest BCUT2D eigenvalue weighted by molar-refractivity contribution is 0.714. The monoisotopic (exact) mass is 359 g/mol. The van der Waals surface area contributed by atoms with Crippen LogP contribution in [0.5, 0.6) is 0 Å². The third-order valence-corrected chi connectivity index (χ3v) is 5.25. The average molecular weight is 359 g/mol. The molecule has 0 aliphatic carbocycles. The van der Waals surface area contributed by atoms with Crippen LogP contribution in [-0.4, -0.2) is 13.7 Å². The minimum atomic E-state index is -0.329. The Morgan fingerprint density at radius 3 is 2.19 bits per heavy atom. The van der Waals surface area contributed by atoms with Crippen molar-refractivity contribution in [1.82, 2.24) is 13.7 Å². The van der Waals surface area contributed by atoms with E-state index in [4.69, 9.17) is 0 Å². The van der Waals surface area contributed by atoms with Crippen molar-refractivity contribution in [2.45, 2.75) is 13.8 Å².